The highest BCUT2D eigenvalue weighted by molar-refractivity contribution is 5.82. The molecule has 0 aromatic heterocycles. The Labute approximate surface area is 127 Å². The van der Waals surface area contributed by atoms with Crippen LogP contribution in [0.2, 0.25) is 0 Å². The molecule has 0 radical (unpaired) electrons. The third-order valence-corrected chi connectivity index (χ3v) is 3.16. The highest BCUT2D eigenvalue weighted by Gasteiger charge is 2.28. The van der Waals surface area contributed by atoms with E-state index >= 15 is 0 Å². The number of hydrogen-bond donors (Lipinski definition) is 3. The summed E-state index contributed by atoms with van der Waals surface area (Å²) in [6.07, 6.45) is 1.33. The molecule has 0 unspecified atom stereocenters. The molecule has 0 aliphatic carbocycles. The fourth-order valence-corrected chi connectivity index (χ4v) is 2.77. The lowest BCUT2D eigenvalue weighted by molar-refractivity contribution is -0.124. The Morgan fingerprint density at radius 1 is 1.19 bits per heavy atom. The van der Waals surface area contributed by atoms with Crippen molar-refractivity contribution in [2.75, 3.05) is 0 Å². The zero-order valence-electron chi connectivity index (χ0n) is 13.7. The van der Waals surface area contributed by atoms with Gasteiger partial charge in [0.05, 0.1) is 6.04 Å². The van der Waals surface area contributed by atoms with Gasteiger partial charge >= 0.3 is 0 Å². The van der Waals surface area contributed by atoms with Crippen LogP contribution < -0.4 is 11.1 Å². The van der Waals surface area contributed by atoms with Crippen LogP contribution in [0.25, 0.3) is 0 Å². The van der Waals surface area contributed by atoms with Crippen LogP contribution in [-0.2, 0) is 11.2 Å². The molecule has 0 heterocycles. The molecule has 0 spiro atoms. The van der Waals surface area contributed by atoms with Crippen molar-refractivity contribution in [2.24, 2.45) is 11.1 Å². The lowest BCUT2D eigenvalue weighted by atomic mass is 9.81. The Kier molecular flexibility index (Phi) is 5.40. The van der Waals surface area contributed by atoms with E-state index in [1.807, 2.05) is 13.8 Å². The van der Waals surface area contributed by atoms with Crippen LogP contribution in [0.15, 0.2) is 24.3 Å². The molecule has 1 rings (SSSR count). The van der Waals surface area contributed by atoms with Crippen LogP contribution in [0.4, 0.5) is 0 Å². The van der Waals surface area contributed by atoms with Crippen molar-refractivity contribution >= 4 is 5.91 Å². The Morgan fingerprint density at radius 3 is 2.19 bits per heavy atom. The molecule has 0 aliphatic rings. The highest BCUT2D eigenvalue weighted by Crippen LogP contribution is 2.26. The van der Waals surface area contributed by atoms with Crippen LogP contribution >= 0.6 is 0 Å². The fourth-order valence-electron chi connectivity index (χ4n) is 2.77. The molecule has 1 atom stereocenters. The topological polar surface area (TPSA) is 75.4 Å². The van der Waals surface area contributed by atoms with Gasteiger partial charge in [0, 0.05) is 5.54 Å². The summed E-state index contributed by atoms with van der Waals surface area (Å²) < 4.78 is 0. The molecule has 0 bridgehead atoms. The average molecular weight is 292 g/mol. The first kappa shape index (κ1) is 17.5. The lowest BCUT2D eigenvalue weighted by Crippen LogP contribution is -2.52. The van der Waals surface area contributed by atoms with Gasteiger partial charge in [-0.05, 0) is 49.8 Å². The molecule has 1 aromatic carbocycles. The Hall–Kier alpha value is -1.55. The van der Waals surface area contributed by atoms with Crippen molar-refractivity contribution in [3.63, 3.8) is 0 Å². The number of rotatable bonds is 5. The maximum atomic E-state index is 12.2. The quantitative estimate of drug-likeness (QED) is 0.781. The van der Waals surface area contributed by atoms with Gasteiger partial charge in [0.25, 0.3) is 0 Å². The number of hydrogen-bond acceptors (Lipinski definition) is 3. The molecule has 118 valence electrons. The molecule has 0 saturated carbocycles. The number of amides is 1. The van der Waals surface area contributed by atoms with Gasteiger partial charge in [-0.3, -0.25) is 4.79 Å². The second-order valence-electron chi connectivity index (χ2n) is 7.59. The van der Waals surface area contributed by atoms with Gasteiger partial charge in [0.15, 0.2) is 0 Å². The number of benzene rings is 1. The Morgan fingerprint density at radius 2 is 1.71 bits per heavy atom. The number of nitrogens with two attached hydrogens (primary N) is 1. The third kappa shape index (κ3) is 6.63. The van der Waals surface area contributed by atoms with Crippen LogP contribution in [0.1, 0.15) is 46.6 Å². The summed E-state index contributed by atoms with van der Waals surface area (Å²) in [6.45, 7) is 10.5. The molecule has 21 heavy (non-hydrogen) atoms. The van der Waals surface area contributed by atoms with Crippen LogP contribution in [0.3, 0.4) is 0 Å². The standard InChI is InChI=1S/C17H28N2O2/c1-16(2,3)11-17(4,5)19-15(21)14(18)10-12-6-8-13(20)9-7-12/h6-9,14,20H,10-11,18H2,1-5H3,(H,19,21)/t14-/m1/s1. The van der Waals surface area contributed by atoms with Gasteiger partial charge in [-0.25, -0.2) is 0 Å². The summed E-state index contributed by atoms with van der Waals surface area (Å²) in [6, 6.07) is 6.17. The van der Waals surface area contributed by atoms with Crippen molar-refractivity contribution in [3.8, 4) is 5.75 Å². The summed E-state index contributed by atoms with van der Waals surface area (Å²) in [7, 11) is 0. The minimum absolute atomic E-state index is 0.137. The predicted octanol–water partition coefficient (Wildman–Crippen LogP) is 2.59. The first-order chi connectivity index (χ1) is 9.48. The fraction of sp³-hybridized carbons (Fsp3) is 0.588. The smallest absolute Gasteiger partial charge is 0.237 e. The number of carbonyl (C=O) groups excluding carboxylic acids is 1. The van der Waals surface area contributed by atoms with Gasteiger partial charge in [0.1, 0.15) is 5.75 Å². The molecule has 0 saturated heterocycles. The van der Waals surface area contributed by atoms with E-state index in [0.29, 0.717) is 6.42 Å². The first-order valence-electron chi connectivity index (χ1n) is 7.34. The van der Waals surface area contributed by atoms with Gasteiger partial charge in [-0.15, -0.1) is 0 Å². The summed E-state index contributed by atoms with van der Waals surface area (Å²) in [5, 5.41) is 12.3. The maximum Gasteiger partial charge on any atom is 0.237 e. The van der Waals surface area contributed by atoms with E-state index in [0.717, 1.165) is 12.0 Å². The van der Waals surface area contributed by atoms with E-state index in [1.165, 1.54) is 0 Å². The largest absolute Gasteiger partial charge is 0.508 e. The molecular weight excluding hydrogens is 264 g/mol. The molecule has 1 aromatic rings. The van der Waals surface area contributed by atoms with Crippen LogP contribution in [-0.4, -0.2) is 22.6 Å². The number of nitrogens with one attached hydrogen (secondary N) is 1. The van der Waals surface area contributed by atoms with Gasteiger partial charge in [0.2, 0.25) is 5.91 Å². The van der Waals surface area contributed by atoms with Crippen molar-refractivity contribution < 1.29 is 9.90 Å². The zero-order chi connectivity index (χ0) is 16.3. The minimum Gasteiger partial charge on any atom is -0.508 e. The number of phenols is 1. The van der Waals surface area contributed by atoms with Gasteiger partial charge in [-0.1, -0.05) is 32.9 Å². The lowest BCUT2D eigenvalue weighted by Gasteiger charge is -2.34. The number of phenolic OH excluding ortho intramolecular Hbond substituents is 1. The summed E-state index contributed by atoms with van der Waals surface area (Å²) in [5.74, 6) is 0.0698. The van der Waals surface area contributed by atoms with E-state index in [2.05, 4.69) is 26.1 Å². The Balaban J connectivity index is 2.60. The molecule has 0 fully saturated rings. The second kappa shape index (κ2) is 6.48. The first-order valence-corrected chi connectivity index (χ1v) is 7.34. The highest BCUT2D eigenvalue weighted by atomic mass is 16.3. The van der Waals surface area contributed by atoms with E-state index in [9.17, 15) is 9.90 Å². The van der Waals surface area contributed by atoms with E-state index < -0.39 is 6.04 Å². The van der Waals surface area contributed by atoms with Crippen LogP contribution in [0.5, 0.6) is 5.75 Å². The molecule has 0 aliphatic heterocycles. The second-order valence-corrected chi connectivity index (χ2v) is 7.59. The SMILES string of the molecule is CC(C)(C)CC(C)(C)NC(=O)[C@H](N)Cc1ccc(O)cc1. The predicted molar refractivity (Wildman–Crippen MR) is 86.1 cm³/mol. The monoisotopic (exact) mass is 292 g/mol. The summed E-state index contributed by atoms with van der Waals surface area (Å²) in [5.41, 5.74) is 6.76. The van der Waals surface area contributed by atoms with Gasteiger partial charge in [-0.2, -0.15) is 0 Å². The molecule has 4 heteroatoms. The third-order valence-electron chi connectivity index (χ3n) is 3.16. The average Bonchev–Trinajstić information content (AvgIpc) is 2.28. The van der Waals surface area contributed by atoms with E-state index in [1.54, 1.807) is 24.3 Å². The summed E-state index contributed by atoms with van der Waals surface area (Å²) in [4.78, 5) is 12.2. The number of carbonyl (C=O) groups is 1. The van der Waals surface area contributed by atoms with Gasteiger partial charge < -0.3 is 16.2 Å². The van der Waals surface area contributed by atoms with Crippen molar-refractivity contribution in [3.05, 3.63) is 29.8 Å². The summed E-state index contributed by atoms with van der Waals surface area (Å²) >= 11 is 0. The van der Waals surface area contributed by atoms with Crippen molar-refractivity contribution in [1.29, 1.82) is 0 Å². The molecular formula is C17H28N2O2. The number of aromatic hydroxyl groups is 1. The van der Waals surface area contributed by atoms with Crippen molar-refractivity contribution in [2.45, 2.75) is 59.0 Å². The van der Waals surface area contributed by atoms with Crippen LogP contribution in [0, 0.1) is 5.41 Å². The maximum absolute atomic E-state index is 12.2. The molecule has 4 N–H and O–H groups in total. The van der Waals surface area contributed by atoms with E-state index in [4.69, 9.17) is 5.73 Å². The minimum atomic E-state index is -0.589. The zero-order valence-corrected chi connectivity index (χ0v) is 13.7. The molecule has 4 nitrogen and oxygen atoms in total. The van der Waals surface area contributed by atoms with E-state index in [-0.39, 0.29) is 22.6 Å². The Bertz CT molecular complexity index is 473. The van der Waals surface area contributed by atoms with Crippen molar-refractivity contribution in [1.82, 2.24) is 5.32 Å². The molecule has 1 amide bonds. The normalized spacial score (nSPS) is 13.8.